The summed E-state index contributed by atoms with van der Waals surface area (Å²) in [7, 11) is 0. The molecule has 1 aromatic rings. The van der Waals surface area contributed by atoms with Crippen molar-refractivity contribution in [2.24, 2.45) is 0 Å². The van der Waals surface area contributed by atoms with Gasteiger partial charge in [0.15, 0.2) is 0 Å². The molecule has 0 saturated carbocycles. The molecule has 2 N–H and O–H groups in total. The zero-order valence-corrected chi connectivity index (χ0v) is 8.99. The van der Waals surface area contributed by atoms with Gasteiger partial charge in [0.1, 0.15) is 10.9 Å². The van der Waals surface area contributed by atoms with Gasteiger partial charge >= 0.3 is 0 Å². The Hall–Kier alpha value is -0.290. The summed E-state index contributed by atoms with van der Waals surface area (Å²) in [5, 5.41) is 9.82. The average Bonchev–Trinajstić information content (AvgIpc) is 2.02. The Labute approximate surface area is 86.7 Å². The van der Waals surface area contributed by atoms with Crippen LogP contribution in [0.3, 0.4) is 0 Å². The zero-order chi connectivity index (χ0) is 9.90. The number of halogens is 1. The standard InChI is InChI=1S/C8H11ClN2OS/c1-8(2,12)11-13-6-3-4-7(9)10-5-6/h3-5,11-12H,1-2H3. The van der Waals surface area contributed by atoms with Crippen LogP contribution in [0.15, 0.2) is 23.2 Å². The van der Waals surface area contributed by atoms with Gasteiger partial charge in [-0.1, -0.05) is 11.6 Å². The van der Waals surface area contributed by atoms with Crippen LogP contribution in [0.25, 0.3) is 0 Å². The summed E-state index contributed by atoms with van der Waals surface area (Å²) in [4.78, 5) is 4.81. The molecule has 0 saturated heterocycles. The van der Waals surface area contributed by atoms with E-state index in [1.54, 1.807) is 26.1 Å². The van der Waals surface area contributed by atoms with Crippen molar-refractivity contribution in [2.45, 2.75) is 24.5 Å². The van der Waals surface area contributed by atoms with Gasteiger partial charge in [-0.05, 0) is 37.9 Å². The molecule has 0 aliphatic rings. The maximum absolute atomic E-state index is 9.36. The molecule has 0 aromatic carbocycles. The smallest absolute Gasteiger partial charge is 0.129 e. The molecule has 13 heavy (non-hydrogen) atoms. The molecular formula is C8H11ClN2OS. The highest BCUT2D eigenvalue weighted by molar-refractivity contribution is 7.97. The molecular weight excluding hydrogens is 208 g/mol. The Balaban J connectivity index is 2.51. The van der Waals surface area contributed by atoms with Gasteiger partial charge in [-0.3, -0.25) is 0 Å². The lowest BCUT2D eigenvalue weighted by molar-refractivity contribution is 0.0721. The van der Waals surface area contributed by atoms with Gasteiger partial charge in [-0.25, -0.2) is 9.71 Å². The monoisotopic (exact) mass is 218 g/mol. The minimum atomic E-state index is -0.899. The average molecular weight is 219 g/mol. The van der Waals surface area contributed by atoms with Crippen LogP contribution in [0.4, 0.5) is 0 Å². The summed E-state index contributed by atoms with van der Waals surface area (Å²) >= 11 is 6.93. The second-order valence-electron chi connectivity index (χ2n) is 3.08. The van der Waals surface area contributed by atoms with Crippen molar-refractivity contribution in [3.05, 3.63) is 23.5 Å². The van der Waals surface area contributed by atoms with E-state index in [1.165, 1.54) is 11.9 Å². The second kappa shape index (κ2) is 4.28. The quantitative estimate of drug-likeness (QED) is 0.463. The maximum Gasteiger partial charge on any atom is 0.129 e. The van der Waals surface area contributed by atoms with Gasteiger partial charge in [-0.2, -0.15) is 0 Å². The summed E-state index contributed by atoms with van der Waals surface area (Å²) in [6, 6.07) is 3.54. The van der Waals surface area contributed by atoms with E-state index in [0.29, 0.717) is 5.15 Å². The topological polar surface area (TPSA) is 45.1 Å². The molecule has 0 atom stereocenters. The number of aromatic nitrogens is 1. The molecule has 0 bridgehead atoms. The number of rotatable bonds is 3. The highest BCUT2D eigenvalue weighted by atomic mass is 35.5. The van der Waals surface area contributed by atoms with Crippen molar-refractivity contribution < 1.29 is 5.11 Å². The first-order chi connectivity index (χ1) is 5.97. The van der Waals surface area contributed by atoms with Crippen molar-refractivity contribution in [2.75, 3.05) is 0 Å². The molecule has 0 radical (unpaired) electrons. The lowest BCUT2D eigenvalue weighted by atomic mass is 10.4. The van der Waals surface area contributed by atoms with E-state index in [-0.39, 0.29) is 0 Å². The molecule has 0 amide bonds. The maximum atomic E-state index is 9.36. The van der Waals surface area contributed by atoms with E-state index >= 15 is 0 Å². The number of aliphatic hydroxyl groups is 1. The first-order valence-corrected chi connectivity index (χ1v) is 4.95. The molecule has 0 aliphatic heterocycles. The van der Waals surface area contributed by atoms with Crippen molar-refractivity contribution in [3.63, 3.8) is 0 Å². The van der Waals surface area contributed by atoms with Gasteiger partial charge in [0.2, 0.25) is 0 Å². The van der Waals surface area contributed by atoms with Crippen LogP contribution in [-0.4, -0.2) is 15.8 Å². The van der Waals surface area contributed by atoms with E-state index in [2.05, 4.69) is 9.71 Å². The van der Waals surface area contributed by atoms with Crippen molar-refractivity contribution in [3.8, 4) is 0 Å². The van der Waals surface area contributed by atoms with E-state index in [1.807, 2.05) is 6.07 Å². The first kappa shape index (κ1) is 10.8. The van der Waals surface area contributed by atoms with Crippen LogP contribution in [0, 0.1) is 0 Å². The highest BCUT2D eigenvalue weighted by Gasteiger charge is 2.11. The van der Waals surface area contributed by atoms with E-state index in [0.717, 1.165) is 4.90 Å². The van der Waals surface area contributed by atoms with Gasteiger partial charge in [0.25, 0.3) is 0 Å². The van der Waals surface area contributed by atoms with Crippen LogP contribution < -0.4 is 4.72 Å². The van der Waals surface area contributed by atoms with Crippen LogP contribution in [0.5, 0.6) is 0 Å². The Morgan fingerprint density at radius 1 is 1.54 bits per heavy atom. The molecule has 0 aliphatic carbocycles. The number of pyridine rings is 1. The predicted molar refractivity (Wildman–Crippen MR) is 54.5 cm³/mol. The van der Waals surface area contributed by atoms with Crippen LogP contribution in [0.2, 0.25) is 5.15 Å². The molecule has 1 rings (SSSR count). The minimum Gasteiger partial charge on any atom is -0.376 e. The SMILES string of the molecule is CC(C)(O)NSc1ccc(Cl)nc1. The first-order valence-electron chi connectivity index (χ1n) is 3.75. The fourth-order valence-electron chi connectivity index (χ4n) is 0.606. The number of hydrogen-bond acceptors (Lipinski definition) is 4. The summed E-state index contributed by atoms with van der Waals surface area (Å²) in [5.41, 5.74) is -0.899. The van der Waals surface area contributed by atoms with Gasteiger partial charge < -0.3 is 5.11 Å². The Kier molecular flexibility index (Phi) is 3.55. The second-order valence-corrected chi connectivity index (χ2v) is 4.35. The molecule has 0 fully saturated rings. The molecule has 3 nitrogen and oxygen atoms in total. The van der Waals surface area contributed by atoms with Gasteiger partial charge in [-0.15, -0.1) is 0 Å². The number of nitrogens with one attached hydrogen (secondary N) is 1. The normalized spacial score (nSPS) is 11.7. The highest BCUT2D eigenvalue weighted by Crippen LogP contribution is 2.17. The lowest BCUT2D eigenvalue weighted by Crippen LogP contribution is -2.33. The third-order valence-electron chi connectivity index (χ3n) is 1.12. The summed E-state index contributed by atoms with van der Waals surface area (Å²) < 4.78 is 2.85. The third kappa shape index (κ3) is 4.47. The van der Waals surface area contributed by atoms with Crippen LogP contribution >= 0.6 is 23.5 Å². The van der Waals surface area contributed by atoms with Gasteiger partial charge in [0, 0.05) is 11.1 Å². The van der Waals surface area contributed by atoms with E-state index in [4.69, 9.17) is 11.6 Å². The molecule has 5 heteroatoms. The minimum absolute atomic E-state index is 0.465. The van der Waals surface area contributed by atoms with Crippen molar-refractivity contribution in [1.29, 1.82) is 0 Å². The summed E-state index contributed by atoms with van der Waals surface area (Å²) in [5.74, 6) is 0. The van der Waals surface area contributed by atoms with Crippen LogP contribution in [0.1, 0.15) is 13.8 Å². The van der Waals surface area contributed by atoms with Crippen LogP contribution in [-0.2, 0) is 0 Å². The Bertz CT molecular complexity index is 270. The fraction of sp³-hybridized carbons (Fsp3) is 0.375. The summed E-state index contributed by atoms with van der Waals surface area (Å²) in [6.07, 6.45) is 1.64. The molecule has 0 spiro atoms. The largest absolute Gasteiger partial charge is 0.376 e. The van der Waals surface area contributed by atoms with E-state index in [9.17, 15) is 5.11 Å². The predicted octanol–water partition coefficient (Wildman–Crippen LogP) is 2.06. The zero-order valence-electron chi connectivity index (χ0n) is 7.41. The molecule has 1 heterocycles. The fourth-order valence-corrected chi connectivity index (χ4v) is 1.33. The molecule has 0 unspecified atom stereocenters. The van der Waals surface area contributed by atoms with Crippen molar-refractivity contribution in [1.82, 2.24) is 9.71 Å². The van der Waals surface area contributed by atoms with Crippen molar-refractivity contribution >= 4 is 23.5 Å². The number of hydrogen-bond donors (Lipinski definition) is 2. The molecule has 72 valence electrons. The summed E-state index contributed by atoms with van der Waals surface area (Å²) in [6.45, 7) is 3.34. The lowest BCUT2D eigenvalue weighted by Gasteiger charge is -2.17. The van der Waals surface area contributed by atoms with Gasteiger partial charge in [0.05, 0.1) is 0 Å². The Morgan fingerprint density at radius 3 is 2.69 bits per heavy atom. The molecule has 1 aromatic heterocycles. The number of nitrogens with zero attached hydrogens (tertiary/aromatic N) is 1. The Morgan fingerprint density at radius 2 is 2.23 bits per heavy atom. The third-order valence-corrected chi connectivity index (χ3v) is 2.42. The van der Waals surface area contributed by atoms with E-state index < -0.39 is 5.72 Å².